The molecule has 2 aliphatic rings. The molecule has 4 aromatic rings. The van der Waals surface area contributed by atoms with Crippen molar-refractivity contribution in [3.05, 3.63) is 124 Å². The predicted octanol–water partition coefficient (Wildman–Crippen LogP) is 2.63. The lowest BCUT2D eigenvalue weighted by Gasteiger charge is -2.29. The smallest absolute Gasteiger partial charge is 0.407 e. The van der Waals surface area contributed by atoms with Crippen molar-refractivity contribution in [2.24, 2.45) is 17.4 Å². The highest BCUT2D eigenvalue weighted by atomic mass is 16.6. The highest BCUT2D eigenvalue weighted by Crippen LogP contribution is 2.29. The number of ether oxygens (including phenoxy) is 10. The van der Waals surface area contributed by atoms with Crippen LogP contribution in [-0.2, 0) is 99.5 Å². The third-order valence-electron chi connectivity index (χ3n) is 15.5. The molecule has 1 saturated heterocycles. The van der Waals surface area contributed by atoms with E-state index in [1.54, 1.807) is 57.4 Å². The number of nitrogens with zero attached hydrogens (tertiary/aromatic N) is 1. The number of amides is 12. The van der Waals surface area contributed by atoms with Crippen molar-refractivity contribution >= 4 is 70.9 Å². The maximum Gasteiger partial charge on any atom is 0.407 e. The van der Waals surface area contributed by atoms with Crippen LogP contribution in [0.2, 0.25) is 0 Å². The van der Waals surface area contributed by atoms with Crippen LogP contribution in [0.25, 0.3) is 0 Å². The third-order valence-corrected chi connectivity index (χ3v) is 15.5. The van der Waals surface area contributed by atoms with Crippen molar-refractivity contribution < 1.29 is 95.3 Å². The molecule has 6 rings (SSSR count). The first kappa shape index (κ1) is 80.6. The van der Waals surface area contributed by atoms with Gasteiger partial charge in [-0.2, -0.15) is 0 Å². The lowest BCUT2D eigenvalue weighted by molar-refractivity contribution is -0.137. The summed E-state index contributed by atoms with van der Waals surface area (Å²) in [6.07, 6.45) is 0.0303. The van der Waals surface area contributed by atoms with Crippen molar-refractivity contribution in [3.8, 4) is 5.75 Å². The summed E-state index contributed by atoms with van der Waals surface area (Å²) in [5.41, 5.74) is 15.8. The number of benzene rings is 4. The van der Waals surface area contributed by atoms with Crippen molar-refractivity contribution in [2.45, 2.75) is 96.9 Å². The molecule has 0 saturated carbocycles. The first-order valence-electron chi connectivity index (χ1n) is 33.5. The van der Waals surface area contributed by atoms with Gasteiger partial charge < -0.3 is 106 Å². The van der Waals surface area contributed by atoms with Crippen LogP contribution in [0.15, 0.2) is 84.9 Å². The van der Waals surface area contributed by atoms with Crippen molar-refractivity contribution in [3.63, 3.8) is 0 Å². The van der Waals surface area contributed by atoms with Crippen LogP contribution in [0.4, 0.5) is 25.8 Å². The van der Waals surface area contributed by atoms with Crippen LogP contribution < -0.4 is 64.1 Å². The topological polar surface area (TPSA) is 427 Å². The number of hydrogen-bond donors (Lipinski definition) is 11. The van der Waals surface area contributed by atoms with Gasteiger partial charge in [-0.3, -0.25) is 38.9 Å². The summed E-state index contributed by atoms with van der Waals surface area (Å²) in [5, 5.41) is 24.0. The van der Waals surface area contributed by atoms with E-state index in [9.17, 15) is 47.9 Å². The fourth-order valence-electron chi connectivity index (χ4n) is 9.89. The van der Waals surface area contributed by atoms with Crippen LogP contribution in [0.1, 0.15) is 94.5 Å². The van der Waals surface area contributed by atoms with Crippen LogP contribution in [0.5, 0.6) is 5.75 Å². The normalized spacial score (nSPS) is 13.9. The van der Waals surface area contributed by atoms with Crippen molar-refractivity contribution in [1.82, 2.24) is 42.1 Å². The minimum atomic E-state index is -1.10. The Balaban J connectivity index is 0.894. The van der Waals surface area contributed by atoms with Gasteiger partial charge in [-0.15, -0.1) is 0 Å². The number of alkyl carbamates (subject to hydrolysis) is 1. The summed E-state index contributed by atoms with van der Waals surface area (Å²) in [7, 11) is 1.62. The molecule has 0 spiro atoms. The molecule has 0 bridgehead atoms. The number of imide groups is 1. The van der Waals surface area contributed by atoms with Crippen molar-refractivity contribution in [1.29, 1.82) is 0 Å². The number of carbonyl (C=O) groups is 10. The van der Waals surface area contributed by atoms with Gasteiger partial charge in [0, 0.05) is 87.3 Å². The maximum absolute atomic E-state index is 13.9. The molecule has 32 heteroatoms. The first-order valence-corrected chi connectivity index (χ1v) is 33.5. The Morgan fingerprint density at radius 2 is 1.19 bits per heavy atom. The Morgan fingerprint density at radius 3 is 1.80 bits per heavy atom. The molecule has 13 N–H and O–H groups in total. The van der Waals surface area contributed by atoms with E-state index in [2.05, 4.69) is 47.9 Å². The average molecular weight is 1410 g/mol. The number of hydrogen-bond acceptors (Lipinski definition) is 21. The van der Waals surface area contributed by atoms with Crippen LogP contribution in [0.3, 0.4) is 0 Å². The predicted molar refractivity (Wildman–Crippen MR) is 367 cm³/mol. The molecule has 0 radical (unpaired) electrons. The highest BCUT2D eigenvalue weighted by molar-refractivity contribution is 6.05. The van der Waals surface area contributed by atoms with Gasteiger partial charge in [-0.05, 0) is 89.9 Å². The number of anilines is 2. The van der Waals surface area contributed by atoms with E-state index in [-0.39, 0.29) is 138 Å². The largest absolute Gasteiger partial charge is 0.489 e. The zero-order valence-electron chi connectivity index (χ0n) is 57.5. The number of primary amides is 1. The molecule has 1 fully saturated rings. The molecule has 101 heavy (non-hydrogen) atoms. The molecule has 0 aromatic heterocycles. The van der Waals surface area contributed by atoms with Crippen molar-refractivity contribution in [2.75, 3.05) is 136 Å². The second-order valence-electron chi connectivity index (χ2n) is 23.5. The summed E-state index contributed by atoms with van der Waals surface area (Å²) < 4.78 is 54.7. The highest BCUT2D eigenvalue weighted by Gasteiger charge is 2.39. The summed E-state index contributed by atoms with van der Waals surface area (Å²) >= 11 is 0. The summed E-state index contributed by atoms with van der Waals surface area (Å²) in [4.78, 5) is 129. The molecule has 32 nitrogen and oxygen atoms in total. The van der Waals surface area contributed by atoms with E-state index >= 15 is 0 Å². The molecule has 12 amide bonds. The van der Waals surface area contributed by atoms with E-state index in [1.165, 1.54) is 23.1 Å². The number of carbonyl (C=O) groups excluding carboxylic acids is 10. The zero-order chi connectivity index (χ0) is 72.6. The fraction of sp³-hybridized carbons (Fsp3) is 0.507. The standard InChI is InChI=1S/C69H96N12O20/c1-46(2)61(70)65(87)79-57(5-4-21-74-67(71)89)63(85)77-53-12-11-50(56(40-53)62(84)73-23-22-72-59(82)20-24-93-27-28-95-31-32-97-35-36-99-38-37-98-34-33-96-30-29-94-26-25-92-3)45-101-69(91)76-41-47-6-8-48(9-7-47)44-100-54-15-13-52(14-16-54)78-68(90)75-42-49-10-17-55-51(39-49)43-81(66(55)88)58-18-19-60(83)80-64(58)86/h6-17,39-40,46,57-58,61H,4-5,18-38,41-45,70H2,1-3H3,(H,72,82)(H,73,84)(H,76,91)(H,77,85)(H,79,87)(H3,71,74,89)(H2,75,78,90)(H,80,83,86)/t57-,58?,61-/m0/s1. The van der Waals surface area contributed by atoms with Gasteiger partial charge in [-0.1, -0.05) is 56.3 Å². The first-order chi connectivity index (χ1) is 48.9. The number of nitrogens with one attached hydrogen (secondary N) is 9. The maximum atomic E-state index is 13.9. The van der Waals surface area contributed by atoms with Gasteiger partial charge in [-0.25, -0.2) is 14.4 Å². The number of fused-ring (bicyclic) bond motifs is 1. The second-order valence-corrected chi connectivity index (χ2v) is 23.5. The zero-order valence-corrected chi connectivity index (χ0v) is 57.5. The van der Waals surface area contributed by atoms with E-state index in [4.69, 9.17) is 58.8 Å². The van der Waals surface area contributed by atoms with Gasteiger partial charge in [0.2, 0.25) is 29.5 Å². The summed E-state index contributed by atoms with van der Waals surface area (Å²) in [6.45, 7) is 10.1. The number of rotatable bonds is 48. The van der Waals surface area contributed by atoms with Gasteiger partial charge in [0.1, 0.15) is 31.0 Å². The fourth-order valence-corrected chi connectivity index (χ4v) is 9.89. The molecule has 1 unspecified atom stereocenters. The monoisotopic (exact) mass is 1410 g/mol. The number of piperidine rings is 1. The summed E-state index contributed by atoms with van der Waals surface area (Å²) in [6, 6.07) is 19.7. The Hall–Kier alpha value is -9.38. The van der Waals surface area contributed by atoms with Crippen LogP contribution >= 0.6 is 0 Å². The lowest BCUT2D eigenvalue weighted by Crippen LogP contribution is -2.52. The molecular formula is C69H96N12O20. The molecule has 0 aliphatic carbocycles. The van der Waals surface area contributed by atoms with Gasteiger partial charge in [0.05, 0.1) is 105 Å². The molecule has 3 atom stereocenters. The average Bonchev–Trinajstić information content (AvgIpc) is 1.64. The van der Waals surface area contributed by atoms with E-state index in [0.717, 1.165) is 22.3 Å². The van der Waals surface area contributed by atoms with Gasteiger partial charge >= 0.3 is 18.2 Å². The van der Waals surface area contributed by atoms with E-state index in [0.29, 0.717) is 103 Å². The summed E-state index contributed by atoms with van der Waals surface area (Å²) in [5.74, 6) is -2.96. The number of methoxy groups -OCH3 is 1. The number of nitrogens with two attached hydrogens (primary N) is 2. The van der Waals surface area contributed by atoms with Gasteiger partial charge in [0.15, 0.2) is 0 Å². The second kappa shape index (κ2) is 45.4. The molecule has 2 heterocycles. The number of urea groups is 2. The van der Waals surface area contributed by atoms with E-state index in [1.807, 2.05) is 30.3 Å². The van der Waals surface area contributed by atoms with Crippen LogP contribution in [-0.4, -0.2) is 208 Å². The molecule has 2 aliphatic heterocycles. The molecule has 4 aromatic carbocycles. The Morgan fingerprint density at radius 1 is 0.604 bits per heavy atom. The van der Waals surface area contributed by atoms with Gasteiger partial charge in [0.25, 0.3) is 11.8 Å². The quantitative estimate of drug-likeness (QED) is 0.0224. The Bertz CT molecular complexity index is 3310. The van der Waals surface area contributed by atoms with E-state index < -0.39 is 59.9 Å². The SMILES string of the molecule is COCCOCCOCCOCCOCCOCCOCCOCCC(=O)NCCNC(=O)c1cc(NC(=O)[C@H](CCCNC(N)=O)NC(=O)[C@@H](N)C(C)C)ccc1COC(=O)NCc1ccc(COc2ccc(NC(=O)NCc3ccc4c(c3)CN(C3CCC(=O)NC3=O)C4=O)cc2)cc1. The third kappa shape index (κ3) is 30.6. The minimum absolute atomic E-state index is 0.00393. The lowest BCUT2D eigenvalue weighted by atomic mass is 10.0. The van der Waals surface area contributed by atoms with Crippen LogP contribution in [0, 0.1) is 5.92 Å². The molecule has 552 valence electrons. The Kier molecular flexibility index (Phi) is 36.2. The Labute approximate surface area is 586 Å². The minimum Gasteiger partial charge on any atom is -0.489 e. The molecular weight excluding hydrogens is 1320 g/mol.